The van der Waals surface area contributed by atoms with Gasteiger partial charge in [-0.25, -0.2) is 4.39 Å². The Kier molecular flexibility index (Phi) is 6.02. The van der Waals surface area contributed by atoms with Gasteiger partial charge < -0.3 is 14.5 Å². The summed E-state index contributed by atoms with van der Waals surface area (Å²) in [6.07, 6.45) is 0. The molecular weight excluding hydrogens is 373 g/mol. The Labute approximate surface area is 168 Å². The molecule has 0 atom stereocenters. The smallest absolute Gasteiger partial charge is 0.182 e. The molecule has 0 aliphatic heterocycles. The number of benzene rings is 2. The second-order valence-electron chi connectivity index (χ2n) is 6.34. The SMILES string of the molecule is Cn1c(NCc2ccc(F)cc2)c(C#N)c(=NCc2ccccc2)n(C)c1=S. The summed E-state index contributed by atoms with van der Waals surface area (Å²) in [5.74, 6) is 0.301. The molecule has 0 saturated heterocycles. The lowest BCUT2D eigenvalue weighted by atomic mass is 10.2. The molecule has 0 fully saturated rings. The van der Waals surface area contributed by atoms with E-state index in [1.165, 1.54) is 12.1 Å². The monoisotopic (exact) mass is 393 g/mol. The number of nitrogens with zero attached hydrogens (tertiary/aromatic N) is 4. The number of aromatic nitrogens is 2. The Morgan fingerprint density at radius 1 is 1.04 bits per heavy atom. The molecule has 3 aromatic rings. The highest BCUT2D eigenvalue weighted by Crippen LogP contribution is 2.13. The highest BCUT2D eigenvalue weighted by molar-refractivity contribution is 7.71. The largest absolute Gasteiger partial charge is 0.366 e. The molecule has 1 N–H and O–H groups in total. The Morgan fingerprint density at radius 3 is 2.36 bits per heavy atom. The van der Waals surface area contributed by atoms with Crippen LogP contribution in [0.4, 0.5) is 10.2 Å². The Bertz CT molecular complexity index is 1140. The first-order chi connectivity index (χ1) is 13.5. The minimum atomic E-state index is -0.284. The number of rotatable bonds is 5. The molecule has 142 valence electrons. The first kappa shape index (κ1) is 19.5. The maximum atomic E-state index is 13.1. The van der Waals surface area contributed by atoms with E-state index < -0.39 is 0 Å². The third-order valence-electron chi connectivity index (χ3n) is 4.43. The molecule has 0 unspecified atom stereocenters. The predicted molar refractivity (Wildman–Crippen MR) is 109 cm³/mol. The summed E-state index contributed by atoms with van der Waals surface area (Å²) in [6.45, 7) is 0.882. The number of nitriles is 1. The van der Waals surface area contributed by atoms with Gasteiger partial charge in [-0.2, -0.15) is 5.26 Å². The molecule has 3 rings (SSSR count). The van der Waals surface area contributed by atoms with Gasteiger partial charge in [-0.3, -0.25) is 4.99 Å². The fourth-order valence-corrected chi connectivity index (χ4v) is 3.06. The first-order valence-electron chi connectivity index (χ1n) is 8.74. The van der Waals surface area contributed by atoms with Crippen LogP contribution in [0.2, 0.25) is 0 Å². The van der Waals surface area contributed by atoms with E-state index in [-0.39, 0.29) is 5.82 Å². The summed E-state index contributed by atoms with van der Waals surface area (Å²) in [6, 6.07) is 18.3. The second kappa shape index (κ2) is 8.63. The van der Waals surface area contributed by atoms with Crippen LogP contribution in [0.5, 0.6) is 0 Å². The average Bonchev–Trinajstić information content (AvgIpc) is 2.72. The van der Waals surface area contributed by atoms with Gasteiger partial charge in [0, 0.05) is 20.6 Å². The van der Waals surface area contributed by atoms with Gasteiger partial charge in [-0.05, 0) is 35.5 Å². The van der Waals surface area contributed by atoms with Gasteiger partial charge in [-0.1, -0.05) is 42.5 Å². The fraction of sp³-hybridized carbons (Fsp3) is 0.190. The van der Waals surface area contributed by atoms with Crippen LogP contribution in [0.25, 0.3) is 0 Å². The number of nitrogens with one attached hydrogen (secondary N) is 1. The van der Waals surface area contributed by atoms with Crippen molar-refractivity contribution in [2.45, 2.75) is 13.1 Å². The van der Waals surface area contributed by atoms with Crippen molar-refractivity contribution in [3.63, 3.8) is 0 Å². The van der Waals surface area contributed by atoms with Crippen LogP contribution in [0.1, 0.15) is 16.7 Å². The summed E-state index contributed by atoms with van der Waals surface area (Å²) in [4.78, 5) is 4.65. The maximum Gasteiger partial charge on any atom is 0.182 e. The summed E-state index contributed by atoms with van der Waals surface area (Å²) in [5, 5.41) is 13.1. The van der Waals surface area contributed by atoms with Gasteiger partial charge in [0.1, 0.15) is 23.3 Å². The molecule has 0 aliphatic rings. The van der Waals surface area contributed by atoms with Crippen molar-refractivity contribution in [2.75, 3.05) is 5.32 Å². The lowest BCUT2D eigenvalue weighted by Gasteiger charge is -2.16. The lowest BCUT2D eigenvalue weighted by molar-refractivity contribution is 0.627. The minimum Gasteiger partial charge on any atom is -0.366 e. The molecule has 0 radical (unpaired) electrons. The van der Waals surface area contributed by atoms with Crippen LogP contribution in [0.3, 0.4) is 0 Å². The molecule has 0 spiro atoms. The lowest BCUT2D eigenvalue weighted by Crippen LogP contribution is -2.28. The molecule has 1 heterocycles. The zero-order valence-corrected chi connectivity index (χ0v) is 16.5. The van der Waals surface area contributed by atoms with E-state index >= 15 is 0 Å². The Hall–Kier alpha value is -3.24. The van der Waals surface area contributed by atoms with Crippen LogP contribution < -0.4 is 10.8 Å². The van der Waals surface area contributed by atoms with E-state index in [2.05, 4.69) is 16.4 Å². The van der Waals surface area contributed by atoms with Crippen molar-refractivity contribution >= 4 is 18.0 Å². The normalized spacial score (nSPS) is 11.3. The highest BCUT2D eigenvalue weighted by atomic mass is 32.1. The molecule has 7 heteroatoms. The van der Waals surface area contributed by atoms with E-state index in [0.717, 1.165) is 11.1 Å². The zero-order valence-electron chi connectivity index (χ0n) is 15.7. The predicted octanol–water partition coefficient (Wildman–Crippen LogP) is 3.82. The van der Waals surface area contributed by atoms with Crippen molar-refractivity contribution in [3.05, 3.63) is 87.4 Å². The molecule has 0 aliphatic carbocycles. The second-order valence-corrected chi connectivity index (χ2v) is 6.71. The van der Waals surface area contributed by atoms with Gasteiger partial charge >= 0.3 is 0 Å². The molecule has 5 nitrogen and oxygen atoms in total. The summed E-state index contributed by atoms with van der Waals surface area (Å²) >= 11 is 5.52. The summed E-state index contributed by atoms with van der Waals surface area (Å²) < 4.78 is 17.1. The third-order valence-corrected chi connectivity index (χ3v) is 4.97. The number of halogens is 1. The fourth-order valence-electron chi connectivity index (χ4n) is 2.89. The van der Waals surface area contributed by atoms with Gasteiger partial charge in [0.2, 0.25) is 0 Å². The third kappa shape index (κ3) is 4.18. The van der Waals surface area contributed by atoms with Gasteiger partial charge in [-0.15, -0.1) is 0 Å². The van der Waals surface area contributed by atoms with Crippen molar-refractivity contribution in [1.29, 1.82) is 5.26 Å². The average molecular weight is 393 g/mol. The number of hydrogen-bond donors (Lipinski definition) is 1. The topological polar surface area (TPSA) is 58.0 Å². The zero-order chi connectivity index (χ0) is 20.1. The van der Waals surface area contributed by atoms with Crippen LogP contribution in [0.15, 0.2) is 59.6 Å². The van der Waals surface area contributed by atoms with E-state index in [0.29, 0.717) is 34.7 Å². The summed E-state index contributed by atoms with van der Waals surface area (Å²) in [7, 11) is 3.61. The van der Waals surface area contributed by atoms with Crippen LogP contribution in [-0.2, 0) is 27.2 Å². The van der Waals surface area contributed by atoms with Gasteiger partial charge in [0.25, 0.3) is 0 Å². The molecule has 28 heavy (non-hydrogen) atoms. The van der Waals surface area contributed by atoms with Crippen molar-refractivity contribution in [3.8, 4) is 6.07 Å². The summed E-state index contributed by atoms with van der Waals surface area (Å²) in [5.41, 5.74) is 2.88. The minimum absolute atomic E-state index is 0.284. The maximum absolute atomic E-state index is 13.1. The van der Waals surface area contributed by atoms with Crippen LogP contribution >= 0.6 is 12.2 Å². The molecule has 0 saturated carbocycles. The molecule has 2 aromatic carbocycles. The highest BCUT2D eigenvalue weighted by Gasteiger charge is 2.12. The van der Waals surface area contributed by atoms with E-state index in [9.17, 15) is 9.65 Å². The number of hydrogen-bond acceptors (Lipinski definition) is 4. The van der Waals surface area contributed by atoms with Crippen molar-refractivity contribution in [2.24, 2.45) is 19.1 Å². The first-order valence-corrected chi connectivity index (χ1v) is 9.15. The van der Waals surface area contributed by atoms with Gasteiger partial charge in [0.05, 0.1) is 6.54 Å². The van der Waals surface area contributed by atoms with Gasteiger partial charge in [0.15, 0.2) is 10.3 Å². The van der Waals surface area contributed by atoms with Crippen LogP contribution in [0, 0.1) is 21.9 Å². The molecule has 0 bridgehead atoms. The molecule has 0 amide bonds. The van der Waals surface area contributed by atoms with E-state index in [1.54, 1.807) is 35.4 Å². The van der Waals surface area contributed by atoms with Crippen LogP contribution in [-0.4, -0.2) is 9.13 Å². The molecular formula is C21H20FN5S. The standard InChI is InChI=1S/C21H20FN5S/c1-26-19(24-13-15-6-4-3-5-7-15)18(12-23)20(27(2)21(26)28)25-14-16-8-10-17(22)11-9-16/h3-11,25H,13-14H2,1-2H3. The quantitative estimate of drug-likeness (QED) is 0.671. The van der Waals surface area contributed by atoms with Crippen molar-refractivity contribution in [1.82, 2.24) is 9.13 Å². The van der Waals surface area contributed by atoms with E-state index in [4.69, 9.17) is 12.2 Å². The molecule has 1 aromatic heterocycles. The van der Waals surface area contributed by atoms with Crippen molar-refractivity contribution < 1.29 is 4.39 Å². The Balaban J connectivity index is 2.02. The Morgan fingerprint density at radius 2 is 1.71 bits per heavy atom. The van der Waals surface area contributed by atoms with E-state index in [1.807, 2.05) is 30.3 Å². The number of anilines is 1.